The summed E-state index contributed by atoms with van der Waals surface area (Å²) in [5, 5.41) is 12.5. The van der Waals surface area contributed by atoms with Crippen molar-refractivity contribution in [2.45, 2.75) is 25.6 Å². The largest absolute Gasteiger partial charge is 0.464 e. The predicted octanol–water partition coefficient (Wildman–Crippen LogP) is 7.05. The molecule has 2 atom stereocenters. The SMILES string of the molecule is Cc1ccc(-c2onc3ccc(C4Oc5ccccc5C5CC(c6ccccc6)=NN54)cc23)cc1. The van der Waals surface area contributed by atoms with Crippen LogP contribution in [0.5, 0.6) is 5.75 Å². The summed E-state index contributed by atoms with van der Waals surface area (Å²) >= 11 is 0. The van der Waals surface area contributed by atoms with Crippen molar-refractivity contribution in [3.63, 3.8) is 0 Å². The molecule has 35 heavy (non-hydrogen) atoms. The van der Waals surface area contributed by atoms with E-state index < -0.39 is 0 Å². The fraction of sp³-hybridized carbons (Fsp3) is 0.133. The van der Waals surface area contributed by atoms with Gasteiger partial charge >= 0.3 is 0 Å². The van der Waals surface area contributed by atoms with Gasteiger partial charge in [0.15, 0.2) is 5.76 Å². The van der Waals surface area contributed by atoms with Gasteiger partial charge in [0.25, 0.3) is 0 Å². The summed E-state index contributed by atoms with van der Waals surface area (Å²) in [6.45, 7) is 2.08. The highest BCUT2D eigenvalue weighted by atomic mass is 16.5. The van der Waals surface area contributed by atoms with Crippen LogP contribution >= 0.6 is 0 Å². The highest BCUT2D eigenvalue weighted by Gasteiger charge is 2.41. The van der Waals surface area contributed by atoms with E-state index in [0.29, 0.717) is 0 Å². The van der Waals surface area contributed by atoms with Crippen molar-refractivity contribution < 1.29 is 9.26 Å². The van der Waals surface area contributed by atoms with Crippen LogP contribution < -0.4 is 4.74 Å². The molecule has 5 nitrogen and oxygen atoms in total. The number of rotatable bonds is 3. The Morgan fingerprint density at radius 1 is 0.829 bits per heavy atom. The molecule has 0 saturated carbocycles. The molecule has 1 aromatic heterocycles. The second-order valence-corrected chi connectivity index (χ2v) is 9.17. The number of aromatic nitrogens is 1. The van der Waals surface area contributed by atoms with Crippen LogP contribution in [0.2, 0.25) is 0 Å². The number of para-hydroxylation sites is 1. The van der Waals surface area contributed by atoms with E-state index in [1.54, 1.807) is 0 Å². The number of fused-ring (bicyclic) bond motifs is 4. The molecule has 0 radical (unpaired) electrons. The summed E-state index contributed by atoms with van der Waals surface area (Å²) in [5.41, 5.74) is 7.46. The van der Waals surface area contributed by atoms with Crippen LogP contribution in [0.1, 0.15) is 40.9 Å². The zero-order chi connectivity index (χ0) is 23.4. The first kappa shape index (κ1) is 20.0. The molecule has 3 heterocycles. The normalized spacial score (nSPS) is 18.7. The first-order valence-corrected chi connectivity index (χ1v) is 11.9. The monoisotopic (exact) mass is 457 g/mol. The fourth-order valence-electron chi connectivity index (χ4n) is 5.09. The summed E-state index contributed by atoms with van der Waals surface area (Å²) in [6.07, 6.45) is 0.492. The van der Waals surface area contributed by atoms with Crippen LogP contribution in [0.15, 0.2) is 107 Å². The molecule has 4 aromatic carbocycles. The minimum absolute atomic E-state index is 0.120. The zero-order valence-corrected chi connectivity index (χ0v) is 19.3. The molecule has 0 amide bonds. The van der Waals surface area contributed by atoms with E-state index in [0.717, 1.165) is 51.2 Å². The minimum Gasteiger partial charge on any atom is -0.464 e. The van der Waals surface area contributed by atoms with Gasteiger partial charge in [0.1, 0.15) is 11.3 Å². The first-order chi connectivity index (χ1) is 17.2. The van der Waals surface area contributed by atoms with E-state index in [9.17, 15) is 0 Å². The van der Waals surface area contributed by atoms with E-state index in [1.165, 1.54) is 11.1 Å². The maximum atomic E-state index is 6.57. The predicted molar refractivity (Wildman–Crippen MR) is 136 cm³/mol. The fourth-order valence-corrected chi connectivity index (χ4v) is 5.09. The average Bonchev–Trinajstić information content (AvgIpc) is 3.54. The molecule has 0 bridgehead atoms. The van der Waals surface area contributed by atoms with E-state index >= 15 is 0 Å². The van der Waals surface area contributed by atoms with Gasteiger partial charge in [-0.1, -0.05) is 89.6 Å². The number of ether oxygens (including phenoxy) is 1. The van der Waals surface area contributed by atoms with Crippen LogP contribution in [0.4, 0.5) is 0 Å². The van der Waals surface area contributed by atoms with Gasteiger partial charge in [0, 0.05) is 23.1 Å². The Bertz CT molecular complexity index is 1570. The van der Waals surface area contributed by atoms with Crippen molar-refractivity contribution in [1.29, 1.82) is 0 Å². The van der Waals surface area contributed by atoms with Crippen LogP contribution in [0.25, 0.3) is 22.2 Å². The first-order valence-electron chi connectivity index (χ1n) is 11.9. The van der Waals surface area contributed by atoms with Crippen molar-refractivity contribution in [1.82, 2.24) is 10.2 Å². The Balaban J connectivity index is 1.34. The molecule has 2 aliphatic heterocycles. The average molecular weight is 458 g/mol. The van der Waals surface area contributed by atoms with Gasteiger partial charge in [-0.2, -0.15) is 5.10 Å². The molecule has 2 aliphatic rings. The smallest absolute Gasteiger partial charge is 0.213 e. The summed E-state index contributed by atoms with van der Waals surface area (Å²) < 4.78 is 12.3. The molecule has 0 spiro atoms. The topological polar surface area (TPSA) is 50.9 Å². The number of benzene rings is 4. The van der Waals surface area contributed by atoms with Gasteiger partial charge in [-0.25, -0.2) is 5.01 Å². The van der Waals surface area contributed by atoms with Crippen LogP contribution in [0, 0.1) is 6.92 Å². The summed E-state index contributed by atoms with van der Waals surface area (Å²) in [6, 6.07) is 33.3. The van der Waals surface area contributed by atoms with Crippen molar-refractivity contribution in [2.24, 2.45) is 5.10 Å². The van der Waals surface area contributed by atoms with Crippen molar-refractivity contribution in [3.8, 4) is 17.1 Å². The Hall–Kier alpha value is -4.38. The number of nitrogens with zero attached hydrogens (tertiary/aromatic N) is 3. The molecular formula is C30H23N3O2. The van der Waals surface area contributed by atoms with E-state index in [1.807, 2.05) is 18.2 Å². The molecule has 0 aliphatic carbocycles. The molecule has 0 N–H and O–H groups in total. The second kappa shape index (κ2) is 7.84. The van der Waals surface area contributed by atoms with Crippen LogP contribution in [-0.4, -0.2) is 15.9 Å². The lowest BCUT2D eigenvalue weighted by molar-refractivity contribution is -0.0189. The van der Waals surface area contributed by atoms with Gasteiger partial charge in [0.2, 0.25) is 6.23 Å². The van der Waals surface area contributed by atoms with Crippen molar-refractivity contribution in [3.05, 3.63) is 119 Å². The molecule has 5 heteroatoms. The summed E-state index contributed by atoms with van der Waals surface area (Å²) in [5.74, 6) is 1.68. The number of aryl methyl sites for hydroxylation is 1. The Labute approximate surface area is 203 Å². The maximum absolute atomic E-state index is 6.57. The van der Waals surface area contributed by atoms with E-state index in [2.05, 4.69) is 96.0 Å². The summed E-state index contributed by atoms with van der Waals surface area (Å²) in [4.78, 5) is 0. The highest BCUT2D eigenvalue weighted by Crippen LogP contribution is 2.48. The van der Waals surface area contributed by atoms with Gasteiger partial charge in [-0.05, 0) is 30.7 Å². The molecule has 7 rings (SSSR count). The summed E-state index contributed by atoms with van der Waals surface area (Å²) in [7, 11) is 0. The van der Waals surface area contributed by atoms with E-state index in [-0.39, 0.29) is 12.3 Å². The maximum Gasteiger partial charge on any atom is 0.213 e. The number of hydrogen-bond acceptors (Lipinski definition) is 5. The van der Waals surface area contributed by atoms with Gasteiger partial charge in [-0.3, -0.25) is 0 Å². The minimum atomic E-state index is -0.346. The number of hydrogen-bond donors (Lipinski definition) is 0. The van der Waals surface area contributed by atoms with Gasteiger partial charge in [0.05, 0.1) is 17.1 Å². The molecule has 0 fully saturated rings. The van der Waals surface area contributed by atoms with Crippen LogP contribution in [0.3, 0.4) is 0 Å². The van der Waals surface area contributed by atoms with Crippen molar-refractivity contribution in [2.75, 3.05) is 0 Å². The number of hydrazone groups is 1. The third-order valence-electron chi connectivity index (χ3n) is 6.91. The standard InChI is InChI=1S/C30H23N3O2/c1-19-11-13-21(14-12-19)29-24-17-22(15-16-25(24)32-35-29)30-33-27(23-9-5-6-10-28(23)34-30)18-26(31-33)20-7-3-2-4-8-20/h2-17,27,30H,18H2,1H3. The molecule has 170 valence electrons. The molecule has 5 aromatic rings. The lowest BCUT2D eigenvalue weighted by atomic mass is 9.95. The van der Waals surface area contributed by atoms with Gasteiger partial charge < -0.3 is 9.26 Å². The lowest BCUT2D eigenvalue weighted by Crippen LogP contribution is -2.33. The molecular weight excluding hydrogens is 434 g/mol. The third-order valence-corrected chi connectivity index (χ3v) is 6.91. The Morgan fingerprint density at radius 3 is 2.49 bits per heavy atom. The van der Waals surface area contributed by atoms with Gasteiger partial charge in [-0.15, -0.1) is 0 Å². The van der Waals surface area contributed by atoms with Crippen molar-refractivity contribution >= 4 is 16.6 Å². The van der Waals surface area contributed by atoms with Crippen LogP contribution in [-0.2, 0) is 0 Å². The zero-order valence-electron chi connectivity index (χ0n) is 19.3. The van der Waals surface area contributed by atoms with E-state index in [4.69, 9.17) is 14.4 Å². The second-order valence-electron chi connectivity index (χ2n) is 9.17. The molecule has 2 unspecified atom stereocenters. The lowest BCUT2D eigenvalue weighted by Gasteiger charge is -2.38. The molecule has 0 saturated heterocycles. The Morgan fingerprint density at radius 2 is 1.63 bits per heavy atom. The Kier molecular flexibility index (Phi) is 4.49. The quantitative estimate of drug-likeness (QED) is 0.291. The highest BCUT2D eigenvalue weighted by molar-refractivity contribution is 6.02. The third kappa shape index (κ3) is 3.31.